The van der Waals surface area contributed by atoms with Crippen molar-refractivity contribution >= 4 is 17.4 Å². The fraction of sp³-hybridized carbons (Fsp3) is 0.250. The van der Waals surface area contributed by atoms with Gasteiger partial charge >= 0.3 is 0 Å². The molecule has 0 saturated carbocycles. The molecule has 1 aromatic heterocycles. The Morgan fingerprint density at radius 1 is 1.10 bits per heavy atom. The Hall–Kier alpha value is -2.36. The molecule has 1 amide bonds. The lowest BCUT2D eigenvalue weighted by molar-refractivity contribution is 0.102. The minimum atomic E-state index is -0.145. The Bertz CT molecular complexity index is 548. The van der Waals surface area contributed by atoms with Crippen LogP contribution in [0.2, 0.25) is 0 Å². The van der Waals surface area contributed by atoms with Gasteiger partial charge in [-0.1, -0.05) is 18.2 Å². The van der Waals surface area contributed by atoms with E-state index < -0.39 is 0 Å². The SMILES string of the molecule is CCN(CC)c1ccc(NC(=O)c2ccccc2)nc1. The van der Waals surface area contributed by atoms with Crippen LogP contribution in [0.4, 0.5) is 11.5 Å². The maximum absolute atomic E-state index is 12.0. The van der Waals surface area contributed by atoms with Crippen molar-refractivity contribution in [3.63, 3.8) is 0 Å². The van der Waals surface area contributed by atoms with E-state index in [1.54, 1.807) is 18.3 Å². The molecule has 0 atom stereocenters. The van der Waals surface area contributed by atoms with Crippen LogP contribution in [0.5, 0.6) is 0 Å². The van der Waals surface area contributed by atoms with Crippen LogP contribution < -0.4 is 10.2 Å². The highest BCUT2D eigenvalue weighted by Crippen LogP contribution is 2.15. The maximum atomic E-state index is 12.0. The summed E-state index contributed by atoms with van der Waals surface area (Å²) in [5.74, 6) is 0.420. The first-order valence-corrected chi connectivity index (χ1v) is 6.82. The Morgan fingerprint density at radius 3 is 2.35 bits per heavy atom. The average molecular weight is 269 g/mol. The summed E-state index contributed by atoms with van der Waals surface area (Å²) in [4.78, 5) is 18.5. The fourth-order valence-electron chi connectivity index (χ4n) is 2.01. The lowest BCUT2D eigenvalue weighted by Gasteiger charge is -2.20. The number of rotatable bonds is 5. The van der Waals surface area contributed by atoms with Gasteiger partial charge in [-0.15, -0.1) is 0 Å². The van der Waals surface area contributed by atoms with Crippen LogP contribution in [0.15, 0.2) is 48.7 Å². The topological polar surface area (TPSA) is 45.2 Å². The Morgan fingerprint density at radius 2 is 1.80 bits per heavy atom. The van der Waals surface area contributed by atoms with Crippen LogP contribution >= 0.6 is 0 Å². The van der Waals surface area contributed by atoms with Crippen LogP contribution in [-0.2, 0) is 0 Å². The molecule has 4 nitrogen and oxygen atoms in total. The number of carbonyl (C=O) groups excluding carboxylic acids is 1. The molecule has 104 valence electrons. The van der Waals surface area contributed by atoms with Crippen molar-refractivity contribution in [3.05, 3.63) is 54.2 Å². The molecule has 0 aliphatic rings. The van der Waals surface area contributed by atoms with Crippen molar-refractivity contribution in [1.82, 2.24) is 4.98 Å². The first-order valence-electron chi connectivity index (χ1n) is 6.82. The minimum absolute atomic E-state index is 0.145. The van der Waals surface area contributed by atoms with E-state index in [1.165, 1.54) is 0 Å². The maximum Gasteiger partial charge on any atom is 0.256 e. The van der Waals surface area contributed by atoms with Gasteiger partial charge in [-0.2, -0.15) is 0 Å². The van der Waals surface area contributed by atoms with Gasteiger partial charge in [0, 0.05) is 18.7 Å². The quantitative estimate of drug-likeness (QED) is 0.906. The standard InChI is InChI=1S/C16H19N3O/c1-3-19(4-2)14-10-11-15(17-12-14)18-16(20)13-8-6-5-7-9-13/h5-12H,3-4H2,1-2H3,(H,17,18,20). The van der Waals surface area contributed by atoms with Gasteiger partial charge in [-0.3, -0.25) is 4.79 Å². The van der Waals surface area contributed by atoms with Crippen molar-refractivity contribution < 1.29 is 4.79 Å². The molecule has 0 radical (unpaired) electrons. The van der Waals surface area contributed by atoms with Crippen LogP contribution in [0.25, 0.3) is 0 Å². The van der Waals surface area contributed by atoms with Crippen LogP contribution in [0, 0.1) is 0 Å². The third kappa shape index (κ3) is 3.35. The van der Waals surface area contributed by atoms with Gasteiger partial charge in [0.05, 0.1) is 11.9 Å². The van der Waals surface area contributed by atoms with Crippen molar-refractivity contribution in [2.75, 3.05) is 23.3 Å². The molecule has 0 aliphatic heterocycles. The van der Waals surface area contributed by atoms with Crippen molar-refractivity contribution in [2.24, 2.45) is 0 Å². The molecule has 0 spiro atoms. The van der Waals surface area contributed by atoms with E-state index in [4.69, 9.17) is 0 Å². The number of pyridine rings is 1. The lowest BCUT2D eigenvalue weighted by Crippen LogP contribution is -2.22. The molecule has 1 aromatic carbocycles. The number of nitrogens with one attached hydrogen (secondary N) is 1. The third-order valence-electron chi connectivity index (χ3n) is 3.15. The zero-order valence-corrected chi connectivity index (χ0v) is 11.8. The molecule has 0 aliphatic carbocycles. The molecular formula is C16H19N3O. The zero-order valence-electron chi connectivity index (χ0n) is 11.8. The number of hydrogen-bond acceptors (Lipinski definition) is 3. The summed E-state index contributed by atoms with van der Waals surface area (Å²) >= 11 is 0. The van der Waals surface area contributed by atoms with Gasteiger partial charge in [0.2, 0.25) is 0 Å². The van der Waals surface area contributed by atoms with Gasteiger partial charge in [0.25, 0.3) is 5.91 Å². The largest absolute Gasteiger partial charge is 0.371 e. The summed E-state index contributed by atoms with van der Waals surface area (Å²) in [6, 6.07) is 12.9. The van der Waals surface area contributed by atoms with Gasteiger partial charge in [-0.05, 0) is 38.1 Å². The van der Waals surface area contributed by atoms with E-state index in [0.29, 0.717) is 11.4 Å². The second-order valence-electron chi connectivity index (χ2n) is 4.39. The molecule has 4 heteroatoms. The normalized spacial score (nSPS) is 10.1. The van der Waals surface area contributed by atoms with Crippen LogP contribution in [-0.4, -0.2) is 24.0 Å². The summed E-state index contributed by atoms with van der Waals surface area (Å²) in [6.45, 7) is 6.09. The van der Waals surface area contributed by atoms with E-state index >= 15 is 0 Å². The van der Waals surface area contributed by atoms with E-state index in [-0.39, 0.29) is 5.91 Å². The third-order valence-corrected chi connectivity index (χ3v) is 3.15. The molecular weight excluding hydrogens is 250 g/mol. The lowest BCUT2D eigenvalue weighted by atomic mass is 10.2. The predicted molar refractivity (Wildman–Crippen MR) is 82.2 cm³/mol. The summed E-state index contributed by atoms with van der Waals surface area (Å²) in [5.41, 5.74) is 1.69. The molecule has 20 heavy (non-hydrogen) atoms. The summed E-state index contributed by atoms with van der Waals surface area (Å²) in [6.07, 6.45) is 1.79. The molecule has 0 fully saturated rings. The second kappa shape index (κ2) is 6.70. The Balaban J connectivity index is 2.06. The number of aromatic nitrogens is 1. The summed E-state index contributed by atoms with van der Waals surface area (Å²) in [7, 11) is 0. The number of benzene rings is 1. The molecule has 0 bridgehead atoms. The predicted octanol–water partition coefficient (Wildman–Crippen LogP) is 3.18. The summed E-state index contributed by atoms with van der Waals surface area (Å²) in [5, 5.41) is 2.79. The van der Waals surface area contributed by atoms with Gasteiger partial charge in [0.1, 0.15) is 5.82 Å². The highest BCUT2D eigenvalue weighted by atomic mass is 16.1. The van der Waals surface area contributed by atoms with Crippen molar-refractivity contribution in [2.45, 2.75) is 13.8 Å². The number of carbonyl (C=O) groups is 1. The second-order valence-corrected chi connectivity index (χ2v) is 4.39. The number of nitrogens with zero attached hydrogens (tertiary/aromatic N) is 2. The number of hydrogen-bond donors (Lipinski definition) is 1. The van der Waals surface area contributed by atoms with Crippen molar-refractivity contribution in [1.29, 1.82) is 0 Å². The van der Waals surface area contributed by atoms with Crippen LogP contribution in [0.3, 0.4) is 0 Å². The average Bonchev–Trinajstić information content (AvgIpc) is 2.51. The van der Waals surface area contributed by atoms with E-state index in [1.807, 2.05) is 30.3 Å². The smallest absolute Gasteiger partial charge is 0.256 e. The highest BCUT2D eigenvalue weighted by Gasteiger charge is 2.07. The van der Waals surface area contributed by atoms with Gasteiger partial charge in [-0.25, -0.2) is 4.98 Å². The van der Waals surface area contributed by atoms with E-state index in [9.17, 15) is 4.79 Å². The first-order chi connectivity index (χ1) is 9.74. The zero-order chi connectivity index (χ0) is 14.4. The molecule has 0 saturated heterocycles. The molecule has 0 unspecified atom stereocenters. The Kier molecular flexibility index (Phi) is 4.71. The molecule has 1 heterocycles. The first kappa shape index (κ1) is 14.1. The highest BCUT2D eigenvalue weighted by molar-refractivity contribution is 6.03. The van der Waals surface area contributed by atoms with E-state index in [2.05, 4.69) is 29.0 Å². The van der Waals surface area contributed by atoms with Gasteiger partial charge < -0.3 is 10.2 Å². The van der Waals surface area contributed by atoms with E-state index in [0.717, 1.165) is 18.8 Å². The molecule has 2 rings (SSSR count). The fourth-order valence-corrected chi connectivity index (χ4v) is 2.01. The summed E-state index contributed by atoms with van der Waals surface area (Å²) < 4.78 is 0. The van der Waals surface area contributed by atoms with Crippen LogP contribution in [0.1, 0.15) is 24.2 Å². The number of anilines is 2. The van der Waals surface area contributed by atoms with Gasteiger partial charge in [0.15, 0.2) is 0 Å². The monoisotopic (exact) mass is 269 g/mol. The number of amides is 1. The van der Waals surface area contributed by atoms with Crippen molar-refractivity contribution in [3.8, 4) is 0 Å². The molecule has 1 N–H and O–H groups in total. The Labute approximate surface area is 119 Å². The molecule has 2 aromatic rings. The minimum Gasteiger partial charge on any atom is -0.371 e.